The van der Waals surface area contributed by atoms with Gasteiger partial charge in [0, 0.05) is 29.3 Å². The van der Waals surface area contributed by atoms with Crippen LogP contribution in [0.2, 0.25) is 10.0 Å². The molecule has 1 aromatic heterocycles. The molecule has 25 heavy (non-hydrogen) atoms. The fourth-order valence-corrected chi connectivity index (χ4v) is 2.94. The number of nitrogens with one attached hydrogen (secondary N) is 1. The van der Waals surface area contributed by atoms with Gasteiger partial charge in [-0.2, -0.15) is 0 Å². The van der Waals surface area contributed by atoms with Gasteiger partial charge in [0.2, 0.25) is 0 Å². The van der Waals surface area contributed by atoms with E-state index in [1.54, 1.807) is 18.2 Å². The van der Waals surface area contributed by atoms with Crippen molar-refractivity contribution in [2.45, 2.75) is 19.9 Å². The van der Waals surface area contributed by atoms with Crippen LogP contribution in [0.3, 0.4) is 0 Å². The number of anilines is 2. The molecule has 9 heteroatoms. The Morgan fingerprint density at radius 1 is 1.20 bits per heavy atom. The summed E-state index contributed by atoms with van der Waals surface area (Å²) in [6.07, 6.45) is 0.634. The Kier molecular flexibility index (Phi) is 5.92. The highest BCUT2D eigenvalue weighted by atomic mass is 35.5. The molecule has 2 aromatic rings. The maximum absolute atomic E-state index is 12.5. The molecule has 2 rings (SSSR count). The summed E-state index contributed by atoms with van der Waals surface area (Å²) in [5, 5.41) is 3.68. The van der Waals surface area contributed by atoms with Crippen molar-refractivity contribution in [3.63, 3.8) is 0 Å². The summed E-state index contributed by atoms with van der Waals surface area (Å²) in [7, 11) is 1.32. The van der Waals surface area contributed by atoms with Crippen molar-refractivity contribution in [3.8, 4) is 0 Å². The lowest BCUT2D eigenvalue weighted by molar-refractivity contribution is 0.100. The number of nitrogens with two attached hydrogens (primary N) is 1. The number of aromatic nitrogens is 2. The summed E-state index contributed by atoms with van der Waals surface area (Å²) < 4.78 is 2.11. The number of Topliss-reactive ketones (excluding diaryl/α,β-unsaturated/α-hetero) is 1. The maximum atomic E-state index is 12.5. The average molecular weight is 385 g/mol. The van der Waals surface area contributed by atoms with E-state index in [1.165, 1.54) is 11.6 Å². The van der Waals surface area contributed by atoms with Gasteiger partial charge in [-0.05, 0) is 24.6 Å². The van der Waals surface area contributed by atoms with Crippen molar-refractivity contribution in [2.24, 2.45) is 7.05 Å². The van der Waals surface area contributed by atoms with Gasteiger partial charge >= 0.3 is 5.69 Å². The topological polar surface area (TPSA) is 99.1 Å². The number of nitrogens with zero attached hydrogens (tertiary/aromatic N) is 2. The minimum atomic E-state index is -0.717. The Bertz CT molecular complexity index is 914. The van der Waals surface area contributed by atoms with Crippen LogP contribution in [0.15, 0.2) is 27.8 Å². The fraction of sp³-hybridized carbons (Fsp3) is 0.312. The van der Waals surface area contributed by atoms with Crippen LogP contribution in [0.5, 0.6) is 0 Å². The molecule has 0 saturated heterocycles. The molecule has 0 aliphatic heterocycles. The van der Waals surface area contributed by atoms with Gasteiger partial charge in [0.15, 0.2) is 5.78 Å². The molecule has 1 aromatic carbocycles. The number of benzene rings is 1. The highest BCUT2D eigenvalue weighted by Gasteiger charge is 2.21. The molecular formula is C16H18Cl2N4O3. The van der Waals surface area contributed by atoms with Crippen LogP contribution in [0.4, 0.5) is 11.5 Å². The fourth-order valence-electron chi connectivity index (χ4n) is 2.41. The number of carbonyl (C=O) groups is 1. The molecule has 0 amide bonds. The first kappa shape index (κ1) is 19.1. The van der Waals surface area contributed by atoms with Crippen LogP contribution in [-0.4, -0.2) is 21.5 Å². The number of hydrogen-bond donors (Lipinski definition) is 2. The summed E-state index contributed by atoms with van der Waals surface area (Å²) in [5.74, 6) is -0.648. The van der Waals surface area contributed by atoms with E-state index < -0.39 is 17.0 Å². The molecular weight excluding hydrogens is 367 g/mol. The van der Waals surface area contributed by atoms with E-state index in [0.29, 0.717) is 28.7 Å². The first-order valence-electron chi connectivity index (χ1n) is 7.58. The van der Waals surface area contributed by atoms with Gasteiger partial charge in [-0.15, -0.1) is 0 Å². The molecule has 0 aliphatic rings. The highest BCUT2D eigenvalue weighted by molar-refractivity contribution is 6.35. The van der Waals surface area contributed by atoms with Crippen molar-refractivity contribution in [3.05, 3.63) is 54.6 Å². The zero-order chi connectivity index (χ0) is 18.7. The largest absolute Gasteiger partial charge is 0.384 e. The molecule has 1 heterocycles. The number of hydrogen-bond acceptors (Lipinski definition) is 5. The lowest BCUT2D eigenvalue weighted by Gasteiger charge is -2.14. The van der Waals surface area contributed by atoms with E-state index in [2.05, 4.69) is 5.32 Å². The van der Waals surface area contributed by atoms with Crippen molar-refractivity contribution in [1.82, 2.24) is 9.13 Å². The SMILES string of the molecule is CCCn1c(N)c(C(=O)CNc2cc(Cl)cc(Cl)c2)c(=O)n(C)c1=O. The van der Waals surface area contributed by atoms with Crippen LogP contribution in [0.1, 0.15) is 23.7 Å². The minimum Gasteiger partial charge on any atom is -0.384 e. The second-order valence-electron chi connectivity index (χ2n) is 5.49. The number of nitrogen functional groups attached to an aromatic ring is 1. The highest BCUT2D eigenvalue weighted by Crippen LogP contribution is 2.22. The molecule has 0 atom stereocenters. The summed E-state index contributed by atoms with van der Waals surface area (Å²) in [4.78, 5) is 36.9. The first-order chi connectivity index (χ1) is 11.8. The number of carbonyl (C=O) groups excluding carboxylic acids is 1. The van der Waals surface area contributed by atoms with E-state index >= 15 is 0 Å². The summed E-state index contributed by atoms with van der Waals surface area (Å²) in [5.41, 5.74) is 4.97. The molecule has 0 saturated carbocycles. The Morgan fingerprint density at radius 2 is 1.80 bits per heavy atom. The van der Waals surface area contributed by atoms with Gasteiger partial charge < -0.3 is 11.1 Å². The van der Waals surface area contributed by atoms with Crippen LogP contribution in [0.25, 0.3) is 0 Å². The molecule has 0 spiro atoms. The third-order valence-electron chi connectivity index (χ3n) is 3.62. The minimum absolute atomic E-state index is 0.120. The Labute approximate surface area is 154 Å². The van der Waals surface area contributed by atoms with E-state index in [9.17, 15) is 14.4 Å². The standard InChI is InChI=1S/C16H18Cl2N4O3/c1-3-4-22-14(19)13(15(24)21(2)16(22)25)12(23)8-20-11-6-9(17)5-10(18)7-11/h5-7,20H,3-4,8,19H2,1-2H3. The second kappa shape index (κ2) is 7.76. The van der Waals surface area contributed by atoms with Crippen LogP contribution in [-0.2, 0) is 13.6 Å². The van der Waals surface area contributed by atoms with Gasteiger partial charge in [0.25, 0.3) is 5.56 Å². The Balaban J connectivity index is 2.36. The van der Waals surface area contributed by atoms with Crippen molar-refractivity contribution >= 4 is 40.5 Å². The van der Waals surface area contributed by atoms with E-state index in [-0.39, 0.29) is 17.9 Å². The number of ketones is 1. The van der Waals surface area contributed by atoms with Crippen LogP contribution >= 0.6 is 23.2 Å². The molecule has 0 unspecified atom stereocenters. The third kappa shape index (κ3) is 4.05. The smallest absolute Gasteiger partial charge is 0.332 e. The predicted molar refractivity (Wildman–Crippen MR) is 99.9 cm³/mol. The zero-order valence-electron chi connectivity index (χ0n) is 13.8. The molecule has 134 valence electrons. The first-order valence-corrected chi connectivity index (χ1v) is 8.34. The second-order valence-corrected chi connectivity index (χ2v) is 6.37. The summed E-state index contributed by atoms with van der Waals surface area (Å²) in [6.45, 7) is 1.99. The normalized spacial score (nSPS) is 10.7. The van der Waals surface area contributed by atoms with Gasteiger partial charge in [-0.1, -0.05) is 30.1 Å². The van der Waals surface area contributed by atoms with Crippen molar-refractivity contribution in [2.75, 3.05) is 17.6 Å². The van der Waals surface area contributed by atoms with Gasteiger partial charge in [0.1, 0.15) is 11.4 Å². The molecule has 0 bridgehead atoms. The summed E-state index contributed by atoms with van der Waals surface area (Å²) in [6, 6.07) is 4.75. The number of halogens is 2. The van der Waals surface area contributed by atoms with Crippen LogP contribution in [0, 0.1) is 0 Å². The van der Waals surface area contributed by atoms with Gasteiger partial charge in [0.05, 0.1) is 6.54 Å². The Hall–Kier alpha value is -2.25. The van der Waals surface area contributed by atoms with Crippen molar-refractivity contribution < 1.29 is 4.79 Å². The van der Waals surface area contributed by atoms with E-state index in [1.807, 2.05) is 6.92 Å². The van der Waals surface area contributed by atoms with Crippen LogP contribution < -0.4 is 22.3 Å². The third-order valence-corrected chi connectivity index (χ3v) is 4.06. The molecule has 3 N–H and O–H groups in total. The van der Waals surface area contributed by atoms with Gasteiger partial charge in [-0.25, -0.2) is 4.79 Å². The number of rotatable bonds is 6. The zero-order valence-corrected chi connectivity index (χ0v) is 15.3. The lowest BCUT2D eigenvalue weighted by Crippen LogP contribution is -2.43. The van der Waals surface area contributed by atoms with Crippen molar-refractivity contribution in [1.29, 1.82) is 0 Å². The molecule has 0 radical (unpaired) electrons. The van der Waals surface area contributed by atoms with E-state index in [0.717, 1.165) is 4.57 Å². The maximum Gasteiger partial charge on any atom is 0.332 e. The summed E-state index contributed by atoms with van der Waals surface area (Å²) >= 11 is 11.8. The lowest BCUT2D eigenvalue weighted by atomic mass is 10.2. The van der Waals surface area contributed by atoms with Gasteiger partial charge in [-0.3, -0.25) is 18.7 Å². The monoisotopic (exact) mass is 384 g/mol. The predicted octanol–water partition coefficient (Wildman–Crippen LogP) is 2.14. The Morgan fingerprint density at radius 3 is 2.36 bits per heavy atom. The molecule has 0 aliphatic carbocycles. The van der Waals surface area contributed by atoms with E-state index in [4.69, 9.17) is 28.9 Å². The molecule has 7 nitrogen and oxygen atoms in total. The molecule has 0 fully saturated rings. The quantitative estimate of drug-likeness (QED) is 0.743. The average Bonchev–Trinajstić information content (AvgIpc) is 2.54.